The van der Waals surface area contributed by atoms with Crippen LogP contribution in [0.2, 0.25) is 0 Å². The molecule has 2 aromatic rings. The average molecular weight is 338 g/mol. The number of carbonyl (C=O) groups is 3. The van der Waals surface area contributed by atoms with Crippen molar-refractivity contribution in [2.24, 2.45) is 5.41 Å². The van der Waals surface area contributed by atoms with E-state index < -0.39 is 5.41 Å². The summed E-state index contributed by atoms with van der Waals surface area (Å²) in [5.74, 6) is -0.0951. The maximum absolute atomic E-state index is 12.9. The third kappa shape index (κ3) is 2.52. The van der Waals surface area contributed by atoms with Gasteiger partial charge in [0.05, 0.1) is 5.41 Å². The number of carbonyl (C=O) groups excluding carboxylic acids is 3. The van der Waals surface area contributed by atoms with Gasteiger partial charge >= 0.3 is 0 Å². The van der Waals surface area contributed by atoms with Crippen molar-refractivity contribution in [3.8, 4) is 11.4 Å². The molecule has 7 nitrogen and oxygen atoms in total. The summed E-state index contributed by atoms with van der Waals surface area (Å²) in [6.45, 7) is 2.52. The lowest BCUT2D eigenvalue weighted by molar-refractivity contribution is -0.128. The zero-order valence-corrected chi connectivity index (χ0v) is 13.8. The van der Waals surface area contributed by atoms with E-state index in [1.54, 1.807) is 4.90 Å². The molecule has 128 valence electrons. The van der Waals surface area contributed by atoms with Gasteiger partial charge in [-0.3, -0.25) is 19.7 Å². The summed E-state index contributed by atoms with van der Waals surface area (Å²) in [6.07, 6.45) is 0.662. The smallest absolute Gasteiger partial charge is 0.274 e. The lowest BCUT2D eigenvalue weighted by atomic mass is 9.85. The molecule has 0 aliphatic carbocycles. The standard InChI is InChI=1S/C18H18N4O3/c1-11-14(21-15(19-11)12-5-3-2-4-6-12)16(24)22-8-7-18(10-22)9-13(23)20-17(18)25/h2-6H,7-10H2,1H3,(H,19,21)(H,20,23,25)/t18-/m1/s1. The Morgan fingerprint density at radius 2 is 2.00 bits per heavy atom. The second-order valence-electron chi connectivity index (χ2n) is 6.74. The van der Waals surface area contributed by atoms with E-state index in [1.165, 1.54) is 0 Å². The van der Waals surface area contributed by atoms with Gasteiger partial charge in [0.15, 0.2) is 0 Å². The van der Waals surface area contributed by atoms with Crippen molar-refractivity contribution in [1.82, 2.24) is 20.2 Å². The van der Waals surface area contributed by atoms with E-state index in [4.69, 9.17) is 0 Å². The summed E-state index contributed by atoms with van der Waals surface area (Å²) in [6, 6.07) is 9.59. The molecular formula is C18H18N4O3. The Hall–Kier alpha value is -2.96. The number of imidazole rings is 1. The van der Waals surface area contributed by atoms with Crippen LogP contribution in [0.25, 0.3) is 11.4 Å². The molecule has 2 N–H and O–H groups in total. The van der Waals surface area contributed by atoms with Crippen LogP contribution < -0.4 is 5.32 Å². The highest BCUT2D eigenvalue weighted by molar-refractivity contribution is 6.06. The molecule has 4 rings (SSSR count). The van der Waals surface area contributed by atoms with Crippen LogP contribution in [-0.2, 0) is 9.59 Å². The van der Waals surface area contributed by atoms with Crippen molar-refractivity contribution in [1.29, 1.82) is 0 Å². The summed E-state index contributed by atoms with van der Waals surface area (Å²) < 4.78 is 0. The Bertz CT molecular complexity index is 874. The zero-order chi connectivity index (χ0) is 17.6. The van der Waals surface area contributed by atoms with Gasteiger partial charge in [0.25, 0.3) is 5.91 Å². The van der Waals surface area contributed by atoms with Gasteiger partial charge in [-0.15, -0.1) is 0 Å². The Balaban J connectivity index is 1.57. The van der Waals surface area contributed by atoms with Crippen LogP contribution in [0.5, 0.6) is 0 Å². The van der Waals surface area contributed by atoms with Gasteiger partial charge < -0.3 is 9.88 Å². The zero-order valence-electron chi connectivity index (χ0n) is 13.8. The number of nitrogens with zero attached hydrogens (tertiary/aromatic N) is 2. The lowest BCUT2D eigenvalue weighted by Gasteiger charge is -2.19. The van der Waals surface area contributed by atoms with Crippen LogP contribution >= 0.6 is 0 Å². The van der Waals surface area contributed by atoms with Crippen molar-refractivity contribution in [3.05, 3.63) is 41.7 Å². The molecule has 1 aromatic heterocycles. The molecule has 25 heavy (non-hydrogen) atoms. The molecule has 2 aliphatic rings. The van der Waals surface area contributed by atoms with Crippen LogP contribution in [0.15, 0.2) is 30.3 Å². The van der Waals surface area contributed by atoms with Crippen LogP contribution in [0, 0.1) is 12.3 Å². The van der Waals surface area contributed by atoms with E-state index in [2.05, 4.69) is 15.3 Å². The SMILES string of the molecule is Cc1[nH]c(-c2ccccc2)nc1C(=O)N1CC[C@@]2(CC(=O)NC2=O)C1. The predicted molar refractivity (Wildman–Crippen MR) is 89.5 cm³/mol. The predicted octanol–water partition coefficient (Wildman–Crippen LogP) is 1.26. The van der Waals surface area contributed by atoms with Gasteiger partial charge in [0.2, 0.25) is 11.8 Å². The number of hydrogen-bond acceptors (Lipinski definition) is 4. The van der Waals surface area contributed by atoms with Gasteiger partial charge in [-0.2, -0.15) is 0 Å². The lowest BCUT2D eigenvalue weighted by Crippen LogP contribution is -2.37. The first-order valence-corrected chi connectivity index (χ1v) is 8.24. The minimum atomic E-state index is -0.765. The molecule has 1 atom stereocenters. The topological polar surface area (TPSA) is 95.2 Å². The van der Waals surface area contributed by atoms with Gasteiger partial charge in [-0.1, -0.05) is 30.3 Å². The summed E-state index contributed by atoms with van der Waals surface area (Å²) >= 11 is 0. The number of likely N-dealkylation sites (tertiary alicyclic amines) is 1. The molecule has 2 aliphatic heterocycles. The van der Waals surface area contributed by atoms with E-state index >= 15 is 0 Å². The molecule has 7 heteroatoms. The summed E-state index contributed by atoms with van der Waals surface area (Å²) in [7, 11) is 0. The number of benzene rings is 1. The summed E-state index contributed by atoms with van der Waals surface area (Å²) in [4.78, 5) is 45.7. The van der Waals surface area contributed by atoms with E-state index in [1.807, 2.05) is 37.3 Å². The minimum Gasteiger partial charge on any atom is -0.341 e. The fourth-order valence-electron chi connectivity index (χ4n) is 3.62. The number of aromatic nitrogens is 2. The van der Waals surface area contributed by atoms with E-state index in [-0.39, 0.29) is 30.7 Å². The third-order valence-electron chi connectivity index (χ3n) is 5.01. The fraction of sp³-hybridized carbons (Fsp3) is 0.333. The number of aromatic amines is 1. The summed E-state index contributed by atoms with van der Waals surface area (Å²) in [5, 5.41) is 2.35. The van der Waals surface area contributed by atoms with E-state index in [0.29, 0.717) is 30.2 Å². The van der Waals surface area contributed by atoms with Gasteiger partial charge in [0.1, 0.15) is 11.5 Å². The second-order valence-corrected chi connectivity index (χ2v) is 6.74. The van der Waals surface area contributed by atoms with E-state index in [9.17, 15) is 14.4 Å². The number of nitrogens with one attached hydrogen (secondary N) is 2. The molecule has 0 unspecified atom stereocenters. The molecule has 0 radical (unpaired) electrons. The number of hydrogen-bond donors (Lipinski definition) is 2. The third-order valence-corrected chi connectivity index (χ3v) is 5.01. The van der Waals surface area contributed by atoms with Crippen LogP contribution in [0.3, 0.4) is 0 Å². The minimum absolute atomic E-state index is 0.157. The van der Waals surface area contributed by atoms with Crippen LogP contribution in [0.4, 0.5) is 0 Å². The molecule has 1 spiro atoms. The van der Waals surface area contributed by atoms with E-state index in [0.717, 1.165) is 5.56 Å². The number of rotatable bonds is 2. The molecule has 3 heterocycles. The van der Waals surface area contributed by atoms with Crippen molar-refractivity contribution >= 4 is 17.7 Å². The highest BCUT2D eigenvalue weighted by Crippen LogP contribution is 2.38. The Kier molecular flexibility index (Phi) is 3.45. The van der Waals surface area contributed by atoms with Gasteiger partial charge in [-0.05, 0) is 13.3 Å². The van der Waals surface area contributed by atoms with Crippen molar-refractivity contribution < 1.29 is 14.4 Å². The number of aryl methyl sites for hydroxylation is 1. The Morgan fingerprint density at radius 1 is 1.24 bits per heavy atom. The largest absolute Gasteiger partial charge is 0.341 e. The molecular weight excluding hydrogens is 320 g/mol. The maximum atomic E-state index is 12.9. The number of H-pyrrole nitrogens is 1. The number of amides is 3. The molecule has 2 saturated heterocycles. The first-order valence-electron chi connectivity index (χ1n) is 8.24. The normalized spacial score (nSPS) is 22.7. The maximum Gasteiger partial charge on any atom is 0.274 e. The average Bonchev–Trinajstić information content (AvgIpc) is 3.27. The first kappa shape index (κ1) is 15.6. The molecule has 3 amide bonds. The van der Waals surface area contributed by atoms with Gasteiger partial charge in [0, 0.05) is 30.8 Å². The van der Waals surface area contributed by atoms with Crippen LogP contribution in [0.1, 0.15) is 29.0 Å². The first-order chi connectivity index (χ1) is 12.0. The molecule has 1 aromatic carbocycles. The highest BCUT2D eigenvalue weighted by atomic mass is 16.2. The van der Waals surface area contributed by atoms with Crippen molar-refractivity contribution in [2.75, 3.05) is 13.1 Å². The Labute approximate surface area is 144 Å². The van der Waals surface area contributed by atoms with Crippen LogP contribution in [-0.4, -0.2) is 45.7 Å². The Morgan fingerprint density at radius 3 is 2.68 bits per heavy atom. The van der Waals surface area contributed by atoms with Crippen molar-refractivity contribution in [2.45, 2.75) is 19.8 Å². The monoisotopic (exact) mass is 338 g/mol. The molecule has 0 saturated carbocycles. The number of imide groups is 1. The molecule has 2 fully saturated rings. The quantitative estimate of drug-likeness (QED) is 0.806. The molecule has 0 bridgehead atoms. The summed E-state index contributed by atoms with van der Waals surface area (Å²) in [5.41, 5.74) is 1.19. The highest BCUT2D eigenvalue weighted by Gasteiger charge is 2.52. The van der Waals surface area contributed by atoms with Crippen molar-refractivity contribution in [3.63, 3.8) is 0 Å². The fourth-order valence-corrected chi connectivity index (χ4v) is 3.62. The second kappa shape index (κ2) is 5.54. The van der Waals surface area contributed by atoms with Gasteiger partial charge in [-0.25, -0.2) is 4.98 Å².